The maximum absolute atomic E-state index is 14.9. The molecule has 0 fully saturated rings. The summed E-state index contributed by atoms with van der Waals surface area (Å²) in [4.78, 5) is 57.4. The number of rotatable bonds is 11. The lowest BCUT2D eigenvalue weighted by molar-refractivity contribution is -0.265. The van der Waals surface area contributed by atoms with Gasteiger partial charge in [0.25, 0.3) is 11.1 Å². The first-order valence-electron chi connectivity index (χ1n) is 15.9. The number of aromatic nitrogens is 3. The lowest BCUT2D eigenvalue weighted by Crippen LogP contribution is -2.67. The Morgan fingerprint density at radius 2 is 1.55 bits per heavy atom. The Morgan fingerprint density at radius 3 is 2.06 bits per heavy atom. The lowest BCUT2D eigenvalue weighted by atomic mass is 9.70. The number of halogens is 3. The maximum atomic E-state index is 14.9. The number of amides is 1. The van der Waals surface area contributed by atoms with E-state index in [0.29, 0.717) is 16.9 Å². The Kier molecular flexibility index (Phi) is 10.8. The van der Waals surface area contributed by atoms with E-state index >= 15 is 0 Å². The van der Waals surface area contributed by atoms with Crippen molar-refractivity contribution in [2.24, 2.45) is 17.3 Å². The van der Waals surface area contributed by atoms with Gasteiger partial charge in [-0.2, -0.15) is 13.2 Å². The fourth-order valence-electron chi connectivity index (χ4n) is 6.36. The highest BCUT2D eigenvalue weighted by atomic mass is 28.3. The summed E-state index contributed by atoms with van der Waals surface area (Å²) in [5, 5.41) is 2.50. The molecule has 0 aliphatic rings. The van der Waals surface area contributed by atoms with E-state index in [4.69, 9.17) is 9.16 Å². The standard InChI is InChI=1S/C35H43F3N4O6Si/c1-21(2)34(48-49(7)8,31(33(3,4)5)35(36,37)38)40-27(43)20-41-26(23-12-10-9-11-13-23)18-25-28(30(41)45)39-32(46)42(29(25)44)19-22-14-16-24(47-6)17-15-22/h9-18,21,31,49H,19-20H2,1-8H3,(H,39,46)(H,40,43). The topological polar surface area (TPSA) is 124 Å². The van der Waals surface area contributed by atoms with E-state index < -0.39 is 67.5 Å². The van der Waals surface area contributed by atoms with Crippen molar-refractivity contribution >= 4 is 25.9 Å². The van der Waals surface area contributed by atoms with Crippen LogP contribution in [-0.4, -0.2) is 48.1 Å². The molecule has 14 heteroatoms. The Hall–Kier alpha value is -4.43. The molecule has 2 N–H and O–H groups in total. The number of H-pyrrole nitrogens is 1. The number of nitrogens with one attached hydrogen (secondary N) is 2. The highest BCUT2D eigenvalue weighted by Gasteiger charge is 2.61. The monoisotopic (exact) mass is 700 g/mol. The molecule has 0 bridgehead atoms. The largest absolute Gasteiger partial charge is 0.497 e. The van der Waals surface area contributed by atoms with Crippen LogP contribution in [0.25, 0.3) is 22.2 Å². The number of methoxy groups -OCH3 is 1. The second-order valence-corrected chi connectivity index (χ2v) is 16.1. The van der Waals surface area contributed by atoms with Gasteiger partial charge in [0.2, 0.25) is 5.91 Å². The molecule has 10 nitrogen and oxygen atoms in total. The Bertz CT molecular complexity index is 1970. The lowest BCUT2D eigenvalue weighted by Gasteiger charge is -2.51. The van der Waals surface area contributed by atoms with Crippen molar-refractivity contribution in [2.75, 3.05) is 7.11 Å². The minimum atomic E-state index is -4.75. The Labute approximate surface area is 283 Å². The zero-order valence-electron chi connectivity index (χ0n) is 28.9. The third-order valence-corrected chi connectivity index (χ3v) is 9.23. The van der Waals surface area contributed by atoms with Gasteiger partial charge in [-0.25, -0.2) is 4.79 Å². The van der Waals surface area contributed by atoms with Crippen molar-refractivity contribution in [1.29, 1.82) is 0 Å². The second-order valence-electron chi connectivity index (χ2n) is 13.7. The van der Waals surface area contributed by atoms with Crippen LogP contribution in [0.15, 0.2) is 75.0 Å². The number of ether oxygens (including phenoxy) is 1. The molecule has 2 aromatic carbocycles. The summed E-state index contributed by atoms with van der Waals surface area (Å²) < 4.78 is 57.9. The average Bonchev–Trinajstić information content (AvgIpc) is 2.99. The van der Waals surface area contributed by atoms with Crippen molar-refractivity contribution in [1.82, 2.24) is 19.4 Å². The predicted molar refractivity (Wildman–Crippen MR) is 185 cm³/mol. The number of pyridine rings is 1. The van der Waals surface area contributed by atoms with Gasteiger partial charge in [-0.3, -0.25) is 23.5 Å². The molecule has 2 aromatic heterocycles. The minimum absolute atomic E-state index is 0.0924. The molecule has 264 valence electrons. The van der Waals surface area contributed by atoms with Gasteiger partial charge >= 0.3 is 11.9 Å². The Balaban J connectivity index is 1.89. The van der Waals surface area contributed by atoms with Crippen molar-refractivity contribution in [3.8, 4) is 17.0 Å². The average molecular weight is 701 g/mol. The fourth-order valence-corrected chi connectivity index (χ4v) is 7.61. The van der Waals surface area contributed by atoms with E-state index in [0.717, 1.165) is 9.13 Å². The van der Waals surface area contributed by atoms with Gasteiger partial charge in [0.05, 0.1) is 24.7 Å². The molecule has 0 saturated carbocycles. The molecule has 4 aromatic rings. The number of benzene rings is 2. The molecule has 2 unspecified atom stereocenters. The summed E-state index contributed by atoms with van der Waals surface area (Å²) in [6.07, 6.45) is -4.75. The third-order valence-electron chi connectivity index (χ3n) is 8.37. The van der Waals surface area contributed by atoms with Gasteiger partial charge in [0.15, 0.2) is 9.04 Å². The number of hydrogen-bond acceptors (Lipinski definition) is 6. The van der Waals surface area contributed by atoms with Gasteiger partial charge in [-0.05, 0) is 47.8 Å². The second kappa shape index (κ2) is 14.2. The quantitative estimate of drug-likeness (QED) is 0.162. The van der Waals surface area contributed by atoms with Gasteiger partial charge < -0.3 is 19.5 Å². The van der Waals surface area contributed by atoms with Crippen LogP contribution >= 0.6 is 0 Å². The smallest absolute Gasteiger partial charge is 0.396 e. The van der Waals surface area contributed by atoms with Crippen LogP contribution in [0, 0.1) is 17.3 Å². The first-order chi connectivity index (χ1) is 22.8. The third kappa shape index (κ3) is 7.91. The van der Waals surface area contributed by atoms with Gasteiger partial charge in [0, 0.05) is 5.92 Å². The van der Waals surface area contributed by atoms with Crippen LogP contribution in [-0.2, 0) is 22.3 Å². The number of hydrogen-bond donors (Lipinski definition) is 2. The van der Waals surface area contributed by atoms with Crippen LogP contribution < -0.4 is 26.9 Å². The summed E-state index contributed by atoms with van der Waals surface area (Å²) >= 11 is 0. The van der Waals surface area contributed by atoms with Crippen LogP contribution in [0.3, 0.4) is 0 Å². The van der Waals surface area contributed by atoms with E-state index in [1.165, 1.54) is 33.9 Å². The molecule has 2 heterocycles. The number of nitrogens with zero attached hydrogens (tertiary/aromatic N) is 2. The number of carbonyl (C=O) groups excluding carboxylic acids is 1. The number of fused-ring (bicyclic) bond motifs is 1. The van der Waals surface area contributed by atoms with E-state index in [-0.39, 0.29) is 23.1 Å². The van der Waals surface area contributed by atoms with E-state index in [2.05, 4.69) is 10.3 Å². The van der Waals surface area contributed by atoms with Gasteiger partial charge in [0.1, 0.15) is 29.5 Å². The highest BCUT2D eigenvalue weighted by Crippen LogP contribution is 2.49. The summed E-state index contributed by atoms with van der Waals surface area (Å²) in [6, 6.07) is 16.7. The van der Waals surface area contributed by atoms with Crippen molar-refractivity contribution < 1.29 is 27.1 Å². The SMILES string of the molecule is COc1ccc(Cn2c(=O)[nH]c3c(=O)n(CC(=O)NC(O[SiH](C)C)(C(C)C)C(C(C)(C)C)C(F)(F)F)c(-c4ccccc4)cc3c2=O)cc1. The van der Waals surface area contributed by atoms with Crippen molar-refractivity contribution in [3.63, 3.8) is 0 Å². The van der Waals surface area contributed by atoms with Gasteiger partial charge in [-0.1, -0.05) is 77.1 Å². The van der Waals surface area contributed by atoms with Crippen LogP contribution in [0.1, 0.15) is 40.2 Å². The molecule has 49 heavy (non-hydrogen) atoms. The van der Waals surface area contributed by atoms with E-state index in [1.54, 1.807) is 81.5 Å². The van der Waals surface area contributed by atoms with Crippen molar-refractivity contribution in [3.05, 3.63) is 97.4 Å². The van der Waals surface area contributed by atoms with Crippen LogP contribution in [0.2, 0.25) is 13.1 Å². The zero-order chi connectivity index (χ0) is 36.5. The van der Waals surface area contributed by atoms with E-state index in [9.17, 15) is 32.3 Å². The molecule has 4 rings (SSSR count). The zero-order valence-corrected chi connectivity index (χ0v) is 30.1. The molecule has 0 radical (unpaired) electrons. The molecule has 0 saturated heterocycles. The molecule has 0 aliphatic carbocycles. The molecule has 1 amide bonds. The summed E-state index contributed by atoms with van der Waals surface area (Å²) in [6.45, 7) is 10.1. The van der Waals surface area contributed by atoms with Gasteiger partial charge in [-0.15, -0.1) is 0 Å². The van der Waals surface area contributed by atoms with E-state index in [1.807, 2.05) is 0 Å². The molecular formula is C35H43F3N4O6Si. The fraction of sp³-hybridized carbons (Fsp3) is 0.429. The number of alkyl halides is 3. The first kappa shape index (κ1) is 37.4. The molecular weight excluding hydrogens is 657 g/mol. The number of aromatic amines is 1. The molecule has 0 aliphatic heterocycles. The Morgan fingerprint density at radius 1 is 0.939 bits per heavy atom. The predicted octanol–water partition coefficient (Wildman–Crippen LogP) is 5.27. The number of carbonyl (C=O) groups is 1. The summed E-state index contributed by atoms with van der Waals surface area (Å²) in [5.74, 6) is -3.24. The normalized spacial score (nSPS) is 14.2. The highest BCUT2D eigenvalue weighted by molar-refractivity contribution is 6.48. The first-order valence-corrected chi connectivity index (χ1v) is 18.7. The minimum Gasteiger partial charge on any atom is -0.497 e. The van der Waals surface area contributed by atoms with Crippen LogP contribution in [0.4, 0.5) is 13.2 Å². The van der Waals surface area contributed by atoms with Crippen LogP contribution in [0.5, 0.6) is 5.75 Å². The molecule has 0 spiro atoms. The van der Waals surface area contributed by atoms with Crippen molar-refractivity contribution in [2.45, 2.75) is 72.7 Å². The maximum Gasteiger partial charge on any atom is 0.396 e. The summed E-state index contributed by atoms with van der Waals surface area (Å²) in [5.41, 5.74) is -5.05. The summed E-state index contributed by atoms with van der Waals surface area (Å²) in [7, 11) is -0.696. The molecule has 2 atom stereocenters.